The highest BCUT2D eigenvalue weighted by Crippen LogP contribution is 2.18. The lowest BCUT2D eigenvalue weighted by Gasteiger charge is -2.34. The second-order valence-electron chi connectivity index (χ2n) is 7.10. The molecule has 1 aromatic carbocycles. The van der Waals surface area contributed by atoms with Crippen molar-refractivity contribution in [3.05, 3.63) is 35.9 Å². The number of carbonyl (C=O) groups excluding carboxylic acids is 2. The van der Waals surface area contributed by atoms with Crippen molar-refractivity contribution < 1.29 is 28.5 Å². The van der Waals surface area contributed by atoms with Crippen LogP contribution in [0.15, 0.2) is 30.3 Å². The normalized spacial score (nSPS) is 13.6. The molecule has 0 fully saturated rings. The minimum absolute atomic E-state index is 0.0482. The van der Waals surface area contributed by atoms with Gasteiger partial charge >= 0.3 is 12.1 Å². The quantitative estimate of drug-likeness (QED) is 0.410. The van der Waals surface area contributed by atoms with E-state index in [1.807, 2.05) is 30.3 Å². The van der Waals surface area contributed by atoms with E-state index in [0.717, 1.165) is 5.56 Å². The van der Waals surface area contributed by atoms with Crippen molar-refractivity contribution in [2.45, 2.75) is 45.3 Å². The molecule has 1 amide bonds. The number of esters is 1. The van der Waals surface area contributed by atoms with Gasteiger partial charge in [0.25, 0.3) is 0 Å². The highest BCUT2D eigenvalue weighted by Gasteiger charge is 2.36. The third kappa shape index (κ3) is 8.82. The minimum atomic E-state index is -0.992. The minimum Gasteiger partial charge on any atom is -0.463 e. The maximum Gasteiger partial charge on any atom is 0.408 e. The van der Waals surface area contributed by atoms with E-state index in [-0.39, 0.29) is 20.0 Å². The first-order valence-electron chi connectivity index (χ1n) is 8.41. The van der Waals surface area contributed by atoms with E-state index in [0.29, 0.717) is 6.42 Å². The van der Waals surface area contributed by atoms with Crippen LogP contribution >= 0.6 is 0 Å². The van der Waals surface area contributed by atoms with Crippen LogP contribution in [0, 0.1) is 0 Å². The Bertz CT molecular complexity index is 569. The molecule has 0 aliphatic carbocycles. The van der Waals surface area contributed by atoms with Gasteiger partial charge < -0.3 is 24.3 Å². The monoisotopic (exact) mass is 367 g/mol. The van der Waals surface area contributed by atoms with Crippen molar-refractivity contribution in [3.63, 3.8) is 0 Å². The summed E-state index contributed by atoms with van der Waals surface area (Å²) in [6.07, 6.45) is -0.217. The number of hydrogen-bond donors (Lipinski definition) is 1. The molecule has 146 valence electrons. The zero-order valence-electron chi connectivity index (χ0n) is 16.2. The molecule has 0 unspecified atom stereocenters. The van der Waals surface area contributed by atoms with Crippen LogP contribution in [0.3, 0.4) is 0 Å². The van der Waals surface area contributed by atoms with Crippen LogP contribution in [0.25, 0.3) is 0 Å². The summed E-state index contributed by atoms with van der Waals surface area (Å²) in [7, 11) is 1.51. The molecule has 7 heteroatoms. The number of ether oxygens (including phenoxy) is 4. The maximum atomic E-state index is 12.4. The summed E-state index contributed by atoms with van der Waals surface area (Å²) in [4.78, 5) is 23.7. The number of benzene rings is 1. The SMILES string of the molecule is COCOC[C@@](COC(C)=O)(Cc1ccccc1)NC(=O)OC(C)(C)C. The average molecular weight is 367 g/mol. The molecule has 0 spiro atoms. The van der Waals surface area contributed by atoms with Crippen LogP contribution in [0.5, 0.6) is 0 Å². The molecule has 1 aromatic rings. The molecule has 0 heterocycles. The Kier molecular flexibility index (Phi) is 8.54. The van der Waals surface area contributed by atoms with Gasteiger partial charge in [0.2, 0.25) is 0 Å². The summed E-state index contributed by atoms with van der Waals surface area (Å²) in [6, 6.07) is 9.55. The van der Waals surface area contributed by atoms with Crippen molar-refractivity contribution in [1.82, 2.24) is 5.32 Å². The zero-order valence-corrected chi connectivity index (χ0v) is 16.2. The van der Waals surface area contributed by atoms with Crippen LogP contribution in [-0.4, -0.2) is 50.3 Å². The van der Waals surface area contributed by atoms with Crippen molar-refractivity contribution in [3.8, 4) is 0 Å². The molecular formula is C19H29NO6. The van der Waals surface area contributed by atoms with Crippen molar-refractivity contribution >= 4 is 12.1 Å². The molecule has 0 aliphatic rings. The molecular weight excluding hydrogens is 338 g/mol. The summed E-state index contributed by atoms with van der Waals surface area (Å²) < 4.78 is 21.0. The predicted octanol–water partition coefficient (Wildman–Crippen LogP) is 2.68. The Balaban J connectivity index is 3.04. The van der Waals surface area contributed by atoms with Crippen LogP contribution in [0.4, 0.5) is 4.79 Å². The van der Waals surface area contributed by atoms with E-state index in [1.165, 1.54) is 14.0 Å². The lowest BCUT2D eigenvalue weighted by Crippen LogP contribution is -2.58. The van der Waals surface area contributed by atoms with Crippen molar-refractivity contribution in [2.24, 2.45) is 0 Å². The average Bonchev–Trinajstić information content (AvgIpc) is 2.52. The molecule has 1 atom stereocenters. The Morgan fingerprint density at radius 2 is 1.73 bits per heavy atom. The topological polar surface area (TPSA) is 83.1 Å². The van der Waals surface area contributed by atoms with E-state index in [9.17, 15) is 9.59 Å². The lowest BCUT2D eigenvalue weighted by atomic mass is 9.92. The summed E-state index contributed by atoms with van der Waals surface area (Å²) in [5, 5.41) is 2.83. The summed E-state index contributed by atoms with van der Waals surface area (Å²) in [6.45, 7) is 6.72. The van der Waals surface area contributed by atoms with Gasteiger partial charge in [-0.2, -0.15) is 0 Å². The number of nitrogens with one attached hydrogen (secondary N) is 1. The molecule has 1 N–H and O–H groups in total. The smallest absolute Gasteiger partial charge is 0.408 e. The van der Waals surface area contributed by atoms with E-state index in [1.54, 1.807) is 20.8 Å². The van der Waals surface area contributed by atoms with E-state index in [4.69, 9.17) is 18.9 Å². The number of methoxy groups -OCH3 is 1. The molecule has 7 nitrogen and oxygen atoms in total. The first kappa shape index (κ1) is 21.9. The highest BCUT2D eigenvalue weighted by atomic mass is 16.7. The summed E-state index contributed by atoms with van der Waals surface area (Å²) in [5.74, 6) is -0.444. The number of hydrogen-bond acceptors (Lipinski definition) is 6. The standard InChI is InChI=1S/C19H29NO6/c1-15(21)25-13-19(12-24-14-23-5,11-16-9-7-6-8-10-16)20-17(22)26-18(2,3)4/h6-10H,11-14H2,1-5H3,(H,20,22)/t19-/m1/s1. The number of amides is 1. The second-order valence-corrected chi connectivity index (χ2v) is 7.10. The van der Waals surface area contributed by atoms with Gasteiger partial charge in [-0.05, 0) is 26.3 Å². The third-order valence-corrected chi connectivity index (χ3v) is 3.28. The lowest BCUT2D eigenvalue weighted by molar-refractivity contribution is -0.145. The number of carbonyl (C=O) groups is 2. The third-order valence-electron chi connectivity index (χ3n) is 3.28. The Hall–Kier alpha value is -2.12. The van der Waals surface area contributed by atoms with Gasteiger partial charge in [-0.1, -0.05) is 30.3 Å². The molecule has 0 aromatic heterocycles. The van der Waals surface area contributed by atoms with Crippen LogP contribution in [-0.2, 0) is 30.2 Å². The van der Waals surface area contributed by atoms with Gasteiger partial charge in [-0.25, -0.2) is 4.79 Å². The van der Waals surface area contributed by atoms with Crippen molar-refractivity contribution in [1.29, 1.82) is 0 Å². The van der Waals surface area contributed by atoms with Crippen LogP contribution < -0.4 is 5.32 Å². The second kappa shape index (κ2) is 10.1. The molecule has 0 saturated heterocycles. The molecule has 26 heavy (non-hydrogen) atoms. The van der Waals surface area contributed by atoms with E-state index in [2.05, 4.69) is 5.32 Å². The molecule has 1 rings (SSSR count). The summed E-state index contributed by atoms with van der Waals surface area (Å²) in [5.41, 5.74) is -0.692. The first-order valence-corrected chi connectivity index (χ1v) is 8.41. The van der Waals surface area contributed by atoms with Crippen molar-refractivity contribution in [2.75, 3.05) is 27.1 Å². The van der Waals surface area contributed by atoms with E-state index < -0.39 is 23.2 Å². The van der Waals surface area contributed by atoms with Gasteiger partial charge in [-0.15, -0.1) is 0 Å². The predicted molar refractivity (Wildman–Crippen MR) is 96.7 cm³/mol. The van der Waals surface area contributed by atoms with Gasteiger partial charge in [0.05, 0.1) is 6.61 Å². The Morgan fingerprint density at radius 1 is 1.08 bits per heavy atom. The molecule has 0 saturated carbocycles. The Labute approximate surface area is 155 Å². The van der Waals surface area contributed by atoms with Gasteiger partial charge in [0.1, 0.15) is 24.5 Å². The summed E-state index contributed by atoms with van der Waals surface area (Å²) >= 11 is 0. The molecule has 0 radical (unpaired) electrons. The zero-order chi connectivity index (χ0) is 19.6. The highest BCUT2D eigenvalue weighted by molar-refractivity contribution is 5.69. The number of rotatable bonds is 9. The first-order chi connectivity index (χ1) is 12.2. The fraction of sp³-hybridized carbons (Fsp3) is 0.579. The Morgan fingerprint density at radius 3 is 2.27 bits per heavy atom. The largest absolute Gasteiger partial charge is 0.463 e. The van der Waals surface area contributed by atoms with Gasteiger partial charge in [-0.3, -0.25) is 4.79 Å². The fourth-order valence-corrected chi connectivity index (χ4v) is 2.33. The number of alkyl carbamates (subject to hydrolysis) is 1. The molecule has 0 aliphatic heterocycles. The van der Waals surface area contributed by atoms with Gasteiger partial charge in [0.15, 0.2) is 0 Å². The maximum absolute atomic E-state index is 12.4. The molecule has 0 bridgehead atoms. The van der Waals surface area contributed by atoms with Gasteiger partial charge in [0, 0.05) is 20.5 Å². The van der Waals surface area contributed by atoms with E-state index >= 15 is 0 Å². The fourth-order valence-electron chi connectivity index (χ4n) is 2.33. The van der Waals surface area contributed by atoms with Crippen LogP contribution in [0.1, 0.15) is 33.3 Å². The van der Waals surface area contributed by atoms with Crippen LogP contribution in [0.2, 0.25) is 0 Å².